The van der Waals surface area contributed by atoms with Crippen molar-refractivity contribution >= 4 is 11.8 Å². The van der Waals surface area contributed by atoms with Crippen molar-refractivity contribution in [3.63, 3.8) is 0 Å². The lowest BCUT2D eigenvalue weighted by molar-refractivity contribution is 0.164. The Balaban J connectivity index is 2.83. The van der Waals surface area contributed by atoms with Crippen LogP contribution in [0.3, 0.4) is 0 Å². The van der Waals surface area contributed by atoms with Crippen molar-refractivity contribution < 1.29 is 4.74 Å². The summed E-state index contributed by atoms with van der Waals surface area (Å²) in [4.78, 5) is 0. The van der Waals surface area contributed by atoms with Crippen LogP contribution in [0.5, 0.6) is 0 Å². The van der Waals surface area contributed by atoms with Crippen LogP contribution in [0.2, 0.25) is 0 Å². The molecule has 0 aliphatic heterocycles. The molecule has 0 saturated carbocycles. The molecule has 0 radical (unpaired) electrons. The fraction of sp³-hybridized carbons (Fsp3) is 0.750. The van der Waals surface area contributed by atoms with E-state index in [1.807, 2.05) is 18.7 Å². The van der Waals surface area contributed by atoms with Gasteiger partial charge in [0.1, 0.15) is 0 Å². The molecule has 0 fully saturated rings. The minimum Gasteiger partial charge on any atom is -0.381 e. The molecule has 1 nitrogen and oxygen atoms in total. The number of thioether (sulfide) groups is 1. The Morgan fingerprint density at radius 2 is 2.20 bits per heavy atom. The molecular formula is C8H16OS. The first kappa shape index (κ1) is 10.0. The molecule has 0 aliphatic rings. The van der Waals surface area contributed by atoms with Crippen molar-refractivity contribution in [2.75, 3.05) is 19.0 Å². The summed E-state index contributed by atoms with van der Waals surface area (Å²) < 4.78 is 5.16. The summed E-state index contributed by atoms with van der Waals surface area (Å²) in [5.74, 6) is 1.07. The summed E-state index contributed by atoms with van der Waals surface area (Å²) in [6.45, 7) is 5.86. The van der Waals surface area contributed by atoms with Gasteiger partial charge in [0.2, 0.25) is 0 Å². The summed E-state index contributed by atoms with van der Waals surface area (Å²) in [5.41, 5.74) is 0. The lowest BCUT2D eigenvalue weighted by atomic mass is 10.5. The highest BCUT2D eigenvalue weighted by Crippen LogP contribution is 2.01. The van der Waals surface area contributed by atoms with Crippen molar-refractivity contribution in [1.29, 1.82) is 0 Å². The van der Waals surface area contributed by atoms with Crippen molar-refractivity contribution in [2.45, 2.75) is 20.3 Å². The molecule has 0 N–H and O–H groups in total. The van der Waals surface area contributed by atoms with E-state index in [0.717, 1.165) is 25.4 Å². The number of hydrogen-bond acceptors (Lipinski definition) is 2. The quantitative estimate of drug-likeness (QED) is 0.552. The second-order valence-electron chi connectivity index (χ2n) is 1.85. The molecular weight excluding hydrogens is 144 g/mol. The number of allylic oxidation sites excluding steroid dienone is 1. The summed E-state index contributed by atoms with van der Waals surface area (Å²) in [5, 5.41) is 2.14. The Hall–Kier alpha value is 0.0500. The second kappa shape index (κ2) is 9.05. The zero-order valence-corrected chi connectivity index (χ0v) is 7.62. The SMILES string of the molecule is CC/C=C\SCCOCC. The monoisotopic (exact) mass is 160 g/mol. The third kappa shape index (κ3) is 8.05. The van der Waals surface area contributed by atoms with Crippen LogP contribution >= 0.6 is 11.8 Å². The van der Waals surface area contributed by atoms with Crippen LogP contribution in [-0.2, 0) is 4.74 Å². The van der Waals surface area contributed by atoms with E-state index in [2.05, 4.69) is 18.4 Å². The van der Waals surface area contributed by atoms with E-state index in [1.54, 1.807) is 0 Å². The van der Waals surface area contributed by atoms with Gasteiger partial charge in [-0.1, -0.05) is 13.0 Å². The highest BCUT2D eigenvalue weighted by atomic mass is 32.2. The smallest absolute Gasteiger partial charge is 0.0559 e. The number of rotatable bonds is 6. The molecule has 0 bridgehead atoms. The van der Waals surface area contributed by atoms with Crippen molar-refractivity contribution in [3.05, 3.63) is 11.5 Å². The average Bonchev–Trinajstić information content (AvgIpc) is 1.97. The summed E-state index contributed by atoms with van der Waals surface area (Å²) >= 11 is 1.81. The molecule has 0 atom stereocenters. The van der Waals surface area contributed by atoms with Crippen LogP contribution in [0, 0.1) is 0 Å². The third-order valence-electron chi connectivity index (χ3n) is 0.978. The molecule has 0 aromatic rings. The van der Waals surface area contributed by atoms with Gasteiger partial charge in [-0.05, 0) is 18.8 Å². The van der Waals surface area contributed by atoms with Gasteiger partial charge in [-0.3, -0.25) is 0 Å². The zero-order chi connectivity index (χ0) is 7.66. The van der Waals surface area contributed by atoms with Gasteiger partial charge in [0.15, 0.2) is 0 Å². The molecule has 0 aliphatic carbocycles. The molecule has 0 amide bonds. The predicted molar refractivity (Wildman–Crippen MR) is 48.4 cm³/mol. The van der Waals surface area contributed by atoms with Gasteiger partial charge in [-0.15, -0.1) is 11.8 Å². The van der Waals surface area contributed by atoms with Gasteiger partial charge in [-0.2, -0.15) is 0 Å². The molecule has 0 aromatic heterocycles. The van der Waals surface area contributed by atoms with Crippen LogP contribution in [0.25, 0.3) is 0 Å². The first-order chi connectivity index (χ1) is 4.91. The fourth-order valence-corrected chi connectivity index (χ4v) is 1.16. The molecule has 0 rings (SSSR count). The van der Waals surface area contributed by atoms with Gasteiger partial charge >= 0.3 is 0 Å². The average molecular weight is 160 g/mol. The maximum Gasteiger partial charge on any atom is 0.0559 e. The largest absolute Gasteiger partial charge is 0.381 e. The van der Waals surface area contributed by atoms with Crippen LogP contribution in [0.1, 0.15) is 20.3 Å². The van der Waals surface area contributed by atoms with Gasteiger partial charge < -0.3 is 4.74 Å². The Bertz CT molecular complexity index is 81.3. The van der Waals surface area contributed by atoms with Gasteiger partial charge in [0, 0.05) is 12.4 Å². The van der Waals surface area contributed by atoms with Gasteiger partial charge in [0.05, 0.1) is 6.61 Å². The van der Waals surface area contributed by atoms with E-state index in [9.17, 15) is 0 Å². The fourth-order valence-electron chi connectivity index (χ4n) is 0.484. The first-order valence-electron chi connectivity index (χ1n) is 3.76. The van der Waals surface area contributed by atoms with Crippen LogP contribution in [0.15, 0.2) is 11.5 Å². The molecule has 0 saturated heterocycles. The third-order valence-corrected chi connectivity index (χ3v) is 1.77. The highest BCUT2D eigenvalue weighted by molar-refractivity contribution is 8.02. The standard InChI is InChI=1S/C8H16OS/c1-3-5-7-10-8-6-9-4-2/h5,7H,3-4,6,8H2,1-2H3/b7-5-. The molecule has 2 heteroatoms. The maximum absolute atomic E-state index is 5.16. The van der Waals surface area contributed by atoms with E-state index in [4.69, 9.17) is 4.74 Å². The minimum absolute atomic E-state index is 0.831. The molecule has 60 valence electrons. The van der Waals surface area contributed by atoms with Crippen molar-refractivity contribution in [3.8, 4) is 0 Å². The zero-order valence-electron chi connectivity index (χ0n) is 6.80. The molecule has 10 heavy (non-hydrogen) atoms. The van der Waals surface area contributed by atoms with Gasteiger partial charge in [-0.25, -0.2) is 0 Å². The first-order valence-corrected chi connectivity index (χ1v) is 4.81. The van der Waals surface area contributed by atoms with E-state index in [-0.39, 0.29) is 0 Å². The minimum atomic E-state index is 0.831. The van der Waals surface area contributed by atoms with Gasteiger partial charge in [0.25, 0.3) is 0 Å². The maximum atomic E-state index is 5.16. The number of ether oxygens (including phenoxy) is 1. The molecule has 0 aromatic carbocycles. The Morgan fingerprint density at radius 1 is 1.40 bits per heavy atom. The summed E-state index contributed by atoms with van der Waals surface area (Å²) in [6, 6.07) is 0. The van der Waals surface area contributed by atoms with Crippen LogP contribution in [-0.4, -0.2) is 19.0 Å². The lowest BCUT2D eigenvalue weighted by Crippen LogP contribution is -1.94. The van der Waals surface area contributed by atoms with Crippen LogP contribution < -0.4 is 0 Å². The van der Waals surface area contributed by atoms with Crippen LogP contribution in [0.4, 0.5) is 0 Å². The lowest BCUT2D eigenvalue weighted by Gasteiger charge is -1.96. The summed E-state index contributed by atoms with van der Waals surface area (Å²) in [6.07, 6.45) is 3.29. The molecule has 0 spiro atoms. The number of hydrogen-bond donors (Lipinski definition) is 0. The normalized spacial score (nSPS) is 11.0. The summed E-state index contributed by atoms with van der Waals surface area (Å²) in [7, 11) is 0. The molecule has 0 unspecified atom stereocenters. The highest BCUT2D eigenvalue weighted by Gasteiger charge is 1.82. The van der Waals surface area contributed by atoms with E-state index in [1.165, 1.54) is 0 Å². The van der Waals surface area contributed by atoms with E-state index >= 15 is 0 Å². The Kier molecular flexibility index (Phi) is 9.10. The van der Waals surface area contributed by atoms with Crippen molar-refractivity contribution in [2.24, 2.45) is 0 Å². The topological polar surface area (TPSA) is 9.23 Å². The Morgan fingerprint density at radius 3 is 2.80 bits per heavy atom. The van der Waals surface area contributed by atoms with E-state index in [0.29, 0.717) is 0 Å². The van der Waals surface area contributed by atoms with Crippen molar-refractivity contribution in [1.82, 2.24) is 0 Å². The van der Waals surface area contributed by atoms with E-state index < -0.39 is 0 Å². The molecule has 0 heterocycles. The second-order valence-corrected chi connectivity index (χ2v) is 2.86. The Labute approximate surface area is 67.8 Å². The predicted octanol–water partition coefficient (Wildman–Crippen LogP) is 2.68.